The Morgan fingerprint density at radius 3 is 1.83 bits per heavy atom. The van der Waals surface area contributed by atoms with Crippen molar-refractivity contribution in [3.63, 3.8) is 0 Å². The third kappa shape index (κ3) is 4.37. The zero-order chi connectivity index (χ0) is 17.7. The molecular formula is C16H11F5N2O. The molecule has 0 spiro atoms. The minimum atomic E-state index is -5.10. The Kier molecular flexibility index (Phi) is 5.28. The molecule has 0 N–H and O–H groups in total. The zero-order valence-electron chi connectivity index (χ0n) is 12.3. The summed E-state index contributed by atoms with van der Waals surface area (Å²) < 4.78 is 69.1. The second kappa shape index (κ2) is 7.20. The maximum absolute atomic E-state index is 13.4. The molecule has 0 heterocycles. The lowest BCUT2D eigenvalue weighted by Gasteiger charge is -2.09. The summed E-state index contributed by atoms with van der Waals surface area (Å²) in [5, 5.41) is 7.21. The van der Waals surface area contributed by atoms with Gasteiger partial charge < -0.3 is 4.74 Å². The Morgan fingerprint density at radius 2 is 1.38 bits per heavy atom. The highest BCUT2D eigenvalue weighted by atomic mass is 19.4. The topological polar surface area (TPSA) is 34.0 Å². The first-order chi connectivity index (χ1) is 11.3. The highest BCUT2D eigenvalue weighted by molar-refractivity contribution is 5.82. The van der Waals surface area contributed by atoms with Gasteiger partial charge in [0.2, 0.25) is 0 Å². The SMILES string of the molecule is COc1ccc(/C=N/N=C/c2cc(F)c(C(F)(F)F)c(F)c2)cc1. The van der Waals surface area contributed by atoms with Crippen LogP contribution in [0.3, 0.4) is 0 Å². The summed E-state index contributed by atoms with van der Waals surface area (Å²) in [5.74, 6) is -2.75. The molecule has 0 unspecified atom stereocenters. The van der Waals surface area contributed by atoms with E-state index in [4.69, 9.17) is 4.74 Å². The number of hydrogen-bond donors (Lipinski definition) is 0. The highest BCUT2D eigenvalue weighted by Crippen LogP contribution is 2.33. The summed E-state index contributed by atoms with van der Waals surface area (Å²) in [5.41, 5.74) is -1.41. The van der Waals surface area contributed by atoms with Gasteiger partial charge >= 0.3 is 6.18 Å². The summed E-state index contributed by atoms with van der Waals surface area (Å²) in [6.45, 7) is 0. The van der Waals surface area contributed by atoms with Crippen molar-refractivity contribution in [1.82, 2.24) is 0 Å². The van der Waals surface area contributed by atoms with E-state index in [0.29, 0.717) is 23.4 Å². The normalized spacial score (nSPS) is 12.2. The summed E-state index contributed by atoms with van der Waals surface area (Å²) in [7, 11) is 1.52. The smallest absolute Gasteiger partial charge is 0.422 e. The lowest BCUT2D eigenvalue weighted by atomic mass is 10.1. The molecule has 0 fully saturated rings. The van der Waals surface area contributed by atoms with E-state index in [1.807, 2.05) is 0 Å². The molecule has 0 amide bonds. The van der Waals surface area contributed by atoms with Gasteiger partial charge in [0.15, 0.2) is 0 Å². The van der Waals surface area contributed by atoms with Crippen LogP contribution in [0.4, 0.5) is 22.0 Å². The van der Waals surface area contributed by atoms with Crippen molar-refractivity contribution in [1.29, 1.82) is 0 Å². The van der Waals surface area contributed by atoms with Crippen LogP contribution in [0.5, 0.6) is 5.75 Å². The first kappa shape index (κ1) is 17.6. The minimum absolute atomic E-state index is 0.176. The van der Waals surface area contributed by atoms with Crippen LogP contribution in [0, 0.1) is 11.6 Å². The van der Waals surface area contributed by atoms with Crippen molar-refractivity contribution in [2.24, 2.45) is 10.2 Å². The maximum Gasteiger partial charge on any atom is 0.422 e. The molecule has 0 atom stereocenters. The van der Waals surface area contributed by atoms with E-state index in [2.05, 4.69) is 10.2 Å². The predicted octanol–water partition coefficient (Wildman–Crippen LogP) is 4.45. The first-order valence-corrected chi connectivity index (χ1v) is 6.58. The van der Waals surface area contributed by atoms with Gasteiger partial charge in [0.05, 0.1) is 19.5 Å². The van der Waals surface area contributed by atoms with Crippen molar-refractivity contribution >= 4 is 12.4 Å². The van der Waals surface area contributed by atoms with Crippen molar-refractivity contribution in [3.05, 3.63) is 64.7 Å². The number of ether oxygens (including phenoxy) is 1. The van der Waals surface area contributed by atoms with Gasteiger partial charge in [-0.15, -0.1) is 0 Å². The molecule has 0 saturated heterocycles. The second-order valence-corrected chi connectivity index (χ2v) is 4.62. The molecule has 3 nitrogen and oxygen atoms in total. The van der Waals surface area contributed by atoms with Crippen molar-refractivity contribution < 1.29 is 26.7 Å². The standard InChI is InChI=1S/C16H11F5N2O/c1-24-12-4-2-10(3-5-12)8-22-23-9-11-6-13(17)15(14(18)7-11)16(19,20)21/h2-9H,1H3/b22-8+,23-9+. The van der Waals surface area contributed by atoms with E-state index >= 15 is 0 Å². The summed E-state index contributed by atoms with van der Waals surface area (Å²) in [4.78, 5) is 0. The zero-order valence-corrected chi connectivity index (χ0v) is 12.3. The van der Waals surface area contributed by atoms with Crippen LogP contribution >= 0.6 is 0 Å². The van der Waals surface area contributed by atoms with Crippen LogP contribution in [-0.4, -0.2) is 19.5 Å². The van der Waals surface area contributed by atoms with Crippen molar-refractivity contribution in [3.8, 4) is 5.75 Å². The molecule has 0 radical (unpaired) electrons. The Bertz CT molecular complexity index is 744. The molecule has 2 aromatic rings. The number of methoxy groups -OCH3 is 1. The third-order valence-corrected chi connectivity index (χ3v) is 2.94. The van der Waals surface area contributed by atoms with Crippen molar-refractivity contribution in [2.75, 3.05) is 7.11 Å². The van der Waals surface area contributed by atoms with Gasteiger partial charge in [-0.1, -0.05) is 0 Å². The van der Waals surface area contributed by atoms with Gasteiger partial charge in [0, 0.05) is 5.56 Å². The van der Waals surface area contributed by atoms with E-state index in [1.165, 1.54) is 13.3 Å². The van der Waals surface area contributed by atoms with Gasteiger partial charge in [-0.05, 0) is 42.0 Å². The average Bonchev–Trinajstić information content (AvgIpc) is 2.50. The fourth-order valence-electron chi connectivity index (χ4n) is 1.83. The lowest BCUT2D eigenvalue weighted by molar-refractivity contribution is -0.142. The van der Waals surface area contributed by atoms with E-state index in [1.54, 1.807) is 24.3 Å². The van der Waals surface area contributed by atoms with Crippen LogP contribution < -0.4 is 4.74 Å². The van der Waals surface area contributed by atoms with Crippen molar-refractivity contribution in [2.45, 2.75) is 6.18 Å². The van der Waals surface area contributed by atoms with E-state index in [-0.39, 0.29) is 5.56 Å². The molecule has 126 valence electrons. The molecule has 8 heteroatoms. The molecule has 0 aliphatic rings. The van der Waals surface area contributed by atoms with E-state index < -0.39 is 23.4 Å². The Morgan fingerprint density at radius 1 is 0.875 bits per heavy atom. The van der Waals surface area contributed by atoms with Crippen LogP contribution in [0.2, 0.25) is 0 Å². The molecule has 0 aromatic heterocycles. The monoisotopic (exact) mass is 342 g/mol. The van der Waals surface area contributed by atoms with Gasteiger partial charge in [0.25, 0.3) is 0 Å². The summed E-state index contributed by atoms with van der Waals surface area (Å²) >= 11 is 0. The van der Waals surface area contributed by atoms with E-state index in [9.17, 15) is 22.0 Å². The van der Waals surface area contributed by atoms with Crippen LogP contribution in [0.25, 0.3) is 0 Å². The molecule has 0 bridgehead atoms. The average molecular weight is 342 g/mol. The third-order valence-electron chi connectivity index (χ3n) is 2.94. The lowest BCUT2D eigenvalue weighted by Crippen LogP contribution is -2.11. The number of halogens is 5. The fourth-order valence-corrected chi connectivity index (χ4v) is 1.83. The minimum Gasteiger partial charge on any atom is -0.497 e. The highest BCUT2D eigenvalue weighted by Gasteiger charge is 2.37. The maximum atomic E-state index is 13.4. The van der Waals surface area contributed by atoms with Crippen LogP contribution in [-0.2, 0) is 6.18 Å². The number of benzene rings is 2. The second-order valence-electron chi connectivity index (χ2n) is 4.62. The predicted molar refractivity (Wildman–Crippen MR) is 79.5 cm³/mol. The molecule has 0 aliphatic carbocycles. The Labute approximate surface area is 134 Å². The molecule has 2 rings (SSSR count). The number of hydrogen-bond acceptors (Lipinski definition) is 3. The van der Waals surface area contributed by atoms with Gasteiger partial charge in [-0.2, -0.15) is 23.4 Å². The fraction of sp³-hybridized carbons (Fsp3) is 0.125. The quantitative estimate of drug-likeness (QED) is 0.459. The summed E-state index contributed by atoms with van der Waals surface area (Å²) in [6.07, 6.45) is -2.78. The Balaban J connectivity index is 2.13. The molecular weight excluding hydrogens is 331 g/mol. The van der Waals surface area contributed by atoms with Crippen LogP contribution in [0.15, 0.2) is 46.6 Å². The number of nitrogens with zero attached hydrogens (tertiary/aromatic N) is 2. The summed E-state index contributed by atoms with van der Waals surface area (Å²) in [6, 6.07) is 7.89. The molecule has 0 saturated carbocycles. The number of rotatable bonds is 4. The largest absolute Gasteiger partial charge is 0.497 e. The first-order valence-electron chi connectivity index (χ1n) is 6.58. The number of alkyl halides is 3. The molecule has 24 heavy (non-hydrogen) atoms. The van der Waals surface area contributed by atoms with Gasteiger partial charge in [-0.25, -0.2) is 8.78 Å². The molecule has 2 aromatic carbocycles. The van der Waals surface area contributed by atoms with E-state index in [0.717, 1.165) is 6.21 Å². The van der Waals surface area contributed by atoms with Gasteiger partial charge in [-0.3, -0.25) is 0 Å². The van der Waals surface area contributed by atoms with Crippen LogP contribution in [0.1, 0.15) is 16.7 Å². The molecule has 0 aliphatic heterocycles. The van der Waals surface area contributed by atoms with Gasteiger partial charge in [0.1, 0.15) is 22.9 Å². The Hall–Kier alpha value is -2.77.